The summed E-state index contributed by atoms with van der Waals surface area (Å²) < 4.78 is 5.27. The van der Waals surface area contributed by atoms with Crippen LogP contribution in [0.4, 0.5) is 5.82 Å². The number of hydrogen-bond donors (Lipinski definition) is 1. The predicted molar refractivity (Wildman–Crippen MR) is 112 cm³/mol. The first kappa shape index (κ1) is 20.1. The average Bonchev–Trinajstić information content (AvgIpc) is 2.96. The van der Waals surface area contributed by atoms with Crippen molar-refractivity contribution in [2.75, 3.05) is 44.2 Å². The SMILES string of the molecule is Cc1noc2ncnc(N3CCC[C@@H](C(=O)NCCCN4CCCCCC4)C3)c12. The third kappa shape index (κ3) is 4.86. The lowest BCUT2D eigenvalue weighted by atomic mass is 9.97. The molecule has 8 heteroatoms. The van der Waals surface area contributed by atoms with E-state index in [2.05, 4.69) is 30.2 Å². The van der Waals surface area contributed by atoms with Crippen LogP contribution >= 0.6 is 0 Å². The van der Waals surface area contributed by atoms with Crippen LogP contribution < -0.4 is 10.2 Å². The summed E-state index contributed by atoms with van der Waals surface area (Å²) in [6.07, 6.45) is 9.77. The van der Waals surface area contributed by atoms with Crippen molar-refractivity contribution in [3.8, 4) is 0 Å². The maximum absolute atomic E-state index is 12.7. The quantitative estimate of drug-likeness (QED) is 0.746. The van der Waals surface area contributed by atoms with E-state index in [1.165, 1.54) is 45.1 Å². The molecule has 0 aliphatic carbocycles. The molecule has 0 aromatic carbocycles. The zero-order valence-electron chi connectivity index (χ0n) is 17.4. The van der Waals surface area contributed by atoms with Crippen LogP contribution in [0.3, 0.4) is 0 Å². The van der Waals surface area contributed by atoms with Crippen LogP contribution in [0, 0.1) is 12.8 Å². The molecule has 0 spiro atoms. The van der Waals surface area contributed by atoms with Gasteiger partial charge in [-0.3, -0.25) is 4.79 Å². The summed E-state index contributed by atoms with van der Waals surface area (Å²) in [5.41, 5.74) is 1.29. The lowest BCUT2D eigenvalue weighted by Crippen LogP contribution is -2.44. The summed E-state index contributed by atoms with van der Waals surface area (Å²) >= 11 is 0. The Balaban J connectivity index is 1.29. The maximum Gasteiger partial charge on any atom is 0.263 e. The van der Waals surface area contributed by atoms with Gasteiger partial charge in [-0.05, 0) is 58.7 Å². The van der Waals surface area contributed by atoms with Gasteiger partial charge in [-0.25, -0.2) is 4.98 Å². The molecule has 4 rings (SSSR count). The number of nitrogens with one attached hydrogen (secondary N) is 1. The van der Waals surface area contributed by atoms with E-state index in [9.17, 15) is 4.79 Å². The minimum atomic E-state index is -0.00730. The second kappa shape index (κ2) is 9.52. The van der Waals surface area contributed by atoms with Gasteiger partial charge in [-0.2, -0.15) is 4.98 Å². The van der Waals surface area contributed by atoms with Gasteiger partial charge in [0.1, 0.15) is 17.5 Å². The van der Waals surface area contributed by atoms with Crippen LogP contribution in [0.15, 0.2) is 10.9 Å². The van der Waals surface area contributed by atoms with E-state index >= 15 is 0 Å². The monoisotopic (exact) mass is 400 g/mol. The number of carbonyl (C=O) groups is 1. The first-order chi connectivity index (χ1) is 14.2. The molecule has 1 N–H and O–H groups in total. The van der Waals surface area contributed by atoms with Crippen molar-refractivity contribution in [2.24, 2.45) is 5.92 Å². The van der Waals surface area contributed by atoms with Crippen molar-refractivity contribution < 1.29 is 9.32 Å². The van der Waals surface area contributed by atoms with Crippen molar-refractivity contribution in [1.82, 2.24) is 25.3 Å². The Bertz CT molecular complexity index is 815. The van der Waals surface area contributed by atoms with Crippen molar-refractivity contribution in [3.05, 3.63) is 12.0 Å². The molecule has 8 nitrogen and oxygen atoms in total. The topological polar surface area (TPSA) is 87.4 Å². The van der Waals surface area contributed by atoms with Gasteiger partial charge in [-0.15, -0.1) is 0 Å². The molecule has 29 heavy (non-hydrogen) atoms. The predicted octanol–water partition coefficient (Wildman–Crippen LogP) is 2.52. The number of aryl methyl sites for hydroxylation is 1. The van der Waals surface area contributed by atoms with Crippen molar-refractivity contribution in [2.45, 2.75) is 51.9 Å². The highest BCUT2D eigenvalue weighted by Crippen LogP contribution is 2.29. The standard InChI is InChI=1S/C21H32N6O2/c1-16-18-19(23-15-24-21(18)29-25-16)27-13-6-8-17(14-27)20(28)22-9-7-12-26-10-4-2-3-5-11-26/h15,17H,2-14H2,1H3,(H,22,28)/t17-/m1/s1. The fourth-order valence-electron chi connectivity index (χ4n) is 4.55. The Labute approximate surface area is 172 Å². The van der Waals surface area contributed by atoms with Crippen molar-refractivity contribution >= 4 is 22.8 Å². The average molecular weight is 401 g/mol. The Morgan fingerprint density at radius 2 is 2.00 bits per heavy atom. The van der Waals surface area contributed by atoms with Gasteiger partial charge in [0.05, 0.1) is 11.6 Å². The minimum absolute atomic E-state index is 0.00730. The third-order valence-electron chi connectivity index (χ3n) is 6.16. The number of anilines is 1. The van der Waals surface area contributed by atoms with E-state index in [-0.39, 0.29) is 11.8 Å². The number of likely N-dealkylation sites (tertiary alicyclic amines) is 1. The summed E-state index contributed by atoms with van der Waals surface area (Å²) in [5.74, 6) is 0.984. The zero-order valence-corrected chi connectivity index (χ0v) is 17.4. The van der Waals surface area contributed by atoms with Crippen LogP contribution in [0.1, 0.15) is 50.6 Å². The number of piperidine rings is 1. The Kier molecular flexibility index (Phi) is 6.59. The van der Waals surface area contributed by atoms with Gasteiger partial charge in [0.15, 0.2) is 0 Å². The molecule has 2 saturated heterocycles. The molecule has 2 aromatic rings. The molecule has 2 fully saturated rings. The Hall–Kier alpha value is -2.22. The van der Waals surface area contributed by atoms with E-state index in [1.54, 1.807) is 0 Å². The molecule has 0 unspecified atom stereocenters. The van der Waals surface area contributed by atoms with E-state index < -0.39 is 0 Å². The van der Waals surface area contributed by atoms with Gasteiger partial charge in [-0.1, -0.05) is 18.0 Å². The molecule has 1 amide bonds. The molecular formula is C21H32N6O2. The first-order valence-electron chi connectivity index (χ1n) is 11.0. The normalized spacial score (nSPS) is 21.3. The molecule has 2 aromatic heterocycles. The highest BCUT2D eigenvalue weighted by atomic mass is 16.5. The highest BCUT2D eigenvalue weighted by Gasteiger charge is 2.28. The van der Waals surface area contributed by atoms with Crippen LogP contribution in [0.5, 0.6) is 0 Å². The number of aromatic nitrogens is 3. The van der Waals surface area contributed by atoms with E-state index in [4.69, 9.17) is 4.52 Å². The smallest absolute Gasteiger partial charge is 0.263 e. The maximum atomic E-state index is 12.7. The highest BCUT2D eigenvalue weighted by molar-refractivity contribution is 5.88. The number of hydrogen-bond acceptors (Lipinski definition) is 7. The first-order valence-corrected chi connectivity index (χ1v) is 11.0. The largest absolute Gasteiger partial charge is 0.356 e. The van der Waals surface area contributed by atoms with Gasteiger partial charge < -0.3 is 19.6 Å². The second-order valence-electron chi connectivity index (χ2n) is 8.33. The third-order valence-corrected chi connectivity index (χ3v) is 6.16. The summed E-state index contributed by atoms with van der Waals surface area (Å²) in [7, 11) is 0. The minimum Gasteiger partial charge on any atom is -0.356 e. The fourth-order valence-corrected chi connectivity index (χ4v) is 4.55. The molecule has 0 radical (unpaired) electrons. The van der Waals surface area contributed by atoms with Crippen LogP contribution in [0.25, 0.3) is 11.1 Å². The summed E-state index contributed by atoms with van der Waals surface area (Å²) in [4.78, 5) is 26.1. The number of amides is 1. The van der Waals surface area contributed by atoms with Gasteiger partial charge in [0.25, 0.3) is 5.71 Å². The Morgan fingerprint density at radius 1 is 1.17 bits per heavy atom. The lowest BCUT2D eigenvalue weighted by molar-refractivity contribution is -0.125. The molecular weight excluding hydrogens is 368 g/mol. The lowest BCUT2D eigenvalue weighted by Gasteiger charge is -2.33. The van der Waals surface area contributed by atoms with E-state index in [1.807, 2.05) is 6.92 Å². The molecule has 1 atom stereocenters. The summed E-state index contributed by atoms with van der Waals surface area (Å²) in [6, 6.07) is 0. The van der Waals surface area contributed by atoms with Crippen LogP contribution in [-0.4, -0.2) is 65.2 Å². The number of fused-ring (bicyclic) bond motifs is 1. The van der Waals surface area contributed by atoms with Crippen molar-refractivity contribution in [1.29, 1.82) is 0 Å². The van der Waals surface area contributed by atoms with Gasteiger partial charge in [0.2, 0.25) is 5.91 Å². The molecule has 0 bridgehead atoms. The van der Waals surface area contributed by atoms with Crippen molar-refractivity contribution in [3.63, 3.8) is 0 Å². The van der Waals surface area contributed by atoms with Gasteiger partial charge >= 0.3 is 0 Å². The number of rotatable bonds is 6. The van der Waals surface area contributed by atoms with Crippen LogP contribution in [0.2, 0.25) is 0 Å². The number of carbonyl (C=O) groups excluding carboxylic acids is 1. The molecule has 158 valence electrons. The van der Waals surface area contributed by atoms with Gasteiger partial charge in [0, 0.05) is 19.6 Å². The summed E-state index contributed by atoms with van der Waals surface area (Å²) in [6.45, 7) is 7.72. The molecule has 2 aliphatic rings. The Morgan fingerprint density at radius 3 is 2.83 bits per heavy atom. The zero-order chi connectivity index (χ0) is 20.1. The fraction of sp³-hybridized carbons (Fsp3) is 0.714. The number of nitrogens with zero attached hydrogens (tertiary/aromatic N) is 5. The molecule has 0 saturated carbocycles. The van der Waals surface area contributed by atoms with E-state index in [0.717, 1.165) is 55.8 Å². The molecule has 2 aliphatic heterocycles. The second-order valence-corrected chi connectivity index (χ2v) is 8.33. The van der Waals surface area contributed by atoms with Crippen LogP contribution in [-0.2, 0) is 4.79 Å². The van der Waals surface area contributed by atoms with E-state index in [0.29, 0.717) is 12.3 Å². The summed E-state index contributed by atoms with van der Waals surface area (Å²) in [5, 5.41) is 8.03. The molecule has 4 heterocycles.